The summed E-state index contributed by atoms with van der Waals surface area (Å²) in [4.78, 5) is 12.1. The molecule has 21 heavy (non-hydrogen) atoms. The molecule has 4 aliphatic carbocycles. The molecule has 5 rings (SSSR count). The summed E-state index contributed by atoms with van der Waals surface area (Å²) < 4.78 is 0. The highest BCUT2D eigenvalue weighted by Crippen LogP contribution is 2.70. The minimum atomic E-state index is -0.537. The fourth-order valence-corrected chi connectivity index (χ4v) is 6.38. The molecular formula is C19H24O2. The number of hydrogen-bond donors (Lipinski definition) is 1. The van der Waals surface area contributed by atoms with Gasteiger partial charge in [-0.15, -0.1) is 0 Å². The smallest absolute Gasteiger partial charge is 0.309 e. The maximum Gasteiger partial charge on any atom is 0.309 e. The molecule has 0 aromatic heterocycles. The maximum absolute atomic E-state index is 12.1. The van der Waals surface area contributed by atoms with Gasteiger partial charge in [0.1, 0.15) is 0 Å². The van der Waals surface area contributed by atoms with E-state index in [0.29, 0.717) is 5.92 Å². The number of hydrogen-bond acceptors (Lipinski definition) is 1. The van der Waals surface area contributed by atoms with Gasteiger partial charge < -0.3 is 5.11 Å². The van der Waals surface area contributed by atoms with Crippen molar-refractivity contribution in [1.29, 1.82) is 0 Å². The molecule has 4 aliphatic rings. The van der Waals surface area contributed by atoms with Crippen LogP contribution in [0.1, 0.15) is 57.4 Å². The van der Waals surface area contributed by atoms with E-state index in [9.17, 15) is 9.90 Å². The first-order chi connectivity index (χ1) is 10.0. The van der Waals surface area contributed by atoms with Crippen LogP contribution >= 0.6 is 0 Å². The second-order valence-electron chi connectivity index (χ2n) is 8.09. The van der Waals surface area contributed by atoms with Gasteiger partial charge in [0.15, 0.2) is 0 Å². The second kappa shape index (κ2) is 4.12. The van der Waals surface area contributed by atoms with Crippen LogP contribution in [0.15, 0.2) is 30.3 Å². The minimum absolute atomic E-state index is 0.120. The molecule has 2 nitrogen and oxygen atoms in total. The molecule has 4 atom stereocenters. The molecule has 0 aliphatic heterocycles. The summed E-state index contributed by atoms with van der Waals surface area (Å²) in [7, 11) is 0. The molecule has 0 spiro atoms. The Morgan fingerprint density at radius 3 is 2.57 bits per heavy atom. The molecular weight excluding hydrogens is 260 g/mol. The SMILES string of the molecule is CC[C@]12CC3CC(C(=O)O)(C1)C[C@@](c1ccccc1)(C3)C2. The quantitative estimate of drug-likeness (QED) is 0.893. The van der Waals surface area contributed by atoms with Crippen molar-refractivity contribution < 1.29 is 9.90 Å². The molecule has 112 valence electrons. The number of aliphatic carboxylic acids is 1. The van der Waals surface area contributed by atoms with Gasteiger partial charge in [0.25, 0.3) is 0 Å². The highest BCUT2D eigenvalue weighted by molar-refractivity contribution is 5.76. The molecule has 2 unspecified atom stereocenters. The molecule has 0 saturated heterocycles. The van der Waals surface area contributed by atoms with Crippen molar-refractivity contribution >= 4 is 5.97 Å². The molecule has 4 fully saturated rings. The van der Waals surface area contributed by atoms with Gasteiger partial charge in [-0.25, -0.2) is 0 Å². The molecule has 1 aromatic carbocycles. The highest BCUT2D eigenvalue weighted by Gasteiger charge is 2.65. The van der Waals surface area contributed by atoms with Gasteiger partial charge in [-0.05, 0) is 60.8 Å². The third kappa shape index (κ3) is 1.74. The summed E-state index contributed by atoms with van der Waals surface area (Å²) in [5, 5.41) is 9.95. The zero-order valence-corrected chi connectivity index (χ0v) is 12.8. The van der Waals surface area contributed by atoms with Gasteiger partial charge in [0, 0.05) is 0 Å². The van der Waals surface area contributed by atoms with E-state index < -0.39 is 11.4 Å². The first-order valence-electron chi connectivity index (χ1n) is 8.31. The monoisotopic (exact) mass is 284 g/mol. The predicted molar refractivity (Wildman–Crippen MR) is 82.1 cm³/mol. The third-order valence-electron chi connectivity index (χ3n) is 6.77. The van der Waals surface area contributed by atoms with Crippen molar-refractivity contribution in [3.05, 3.63) is 35.9 Å². The van der Waals surface area contributed by atoms with Crippen LogP contribution in [-0.4, -0.2) is 11.1 Å². The summed E-state index contributed by atoms with van der Waals surface area (Å²) in [6.45, 7) is 2.27. The molecule has 0 heterocycles. The van der Waals surface area contributed by atoms with Gasteiger partial charge in [-0.2, -0.15) is 0 Å². The van der Waals surface area contributed by atoms with Crippen molar-refractivity contribution in [3.8, 4) is 0 Å². The van der Waals surface area contributed by atoms with Crippen LogP contribution in [0.3, 0.4) is 0 Å². The highest BCUT2D eigenvalue weighted by atomic mass is 16.4. The van der Waals surface area contributed by atoms with Crippen LogP contribution in [0.2, 0.25) is 0 Å². The Morgan fingerprint density at radius 1 is 1.14 bits per heavy atom. The average molecular weight is 284 g/mol. The largest absolute Gasteiger partial charge is 0.481 e. The van der Waals surface area contributed by atoms with Crippen LogP contribution in [0.25, 0.3) is 0 Å². The zero-order chi connectivity index (χ0) is 14.7. The van der Waals surface area contributed by atoms with Crippen molar-refractivity contribution in [2.45, 2.75) is 57.3 Å². The standard InChI is InChI=1S/C19H24O2/c1-2-17-8-14-9-18(11-17,15-6-4-3-5-7-15)13-19(10-14,12-17)16(20)21/h3-7,14H,2,8-13H2,1H3,(H,20,21)/t14?,17-,18-,19?/m1/s1. The van der Waals surface area contributed by atoms with E-state index in [1.165, 1.54) is 24.8 Å². The predicted octanol–water partition coefficient (Wildman–Crippen LogP) is 4.39. The average Bonchev–Trinajstić information content (AvgIpc) is 2.47. The summed E-state index contributed by atoms with van der Waals surface area (Å²) in [5.41, 5.74) is 1.33. The van der Waals surface area contributed by atoms with E-state index in [0.717, 1.165) is 25.7 Å². The van der Waals surface area contributed by atoms with E-state index in [-0.39, 0.29) is 10.8 Å². The van der Waals surface area contributed by atoms with Crippen LogP contribution in [0.5, 0.6) is 0 Å². The molecule has 0 amide bonds. The van der Waals surface area contributed by atoms with Crippen LogP contribution in [0, 0.1) is 16.7 Å². The van der Waals surface area contributed by atoms with Gasteiger partial charge in [0.05, 0.1) is 5.41 Å². The lowest BCUT2D eigenvalue weighted by Crippen LogP contribution is -2.60. The summed E-state index contributed by atoms with van der Waals surface area (Å²) in [6, 6.07) is 10.7. The number of carboxylic acid groups (broad SMARTS) is 1. The van der Waals surface area contributed by atoms with Gasteiger partial charge in [-0.1, -0.05) is 43.7 Å². The van der Waals surface area contributed by atoms with E-state index in [1.54, 1.807) is 0 Å². The fraction of sp³-hybridized carbons (Fsp3) is 0.632. The fourth-order valence-electron chi connectivity index (χ4n) is 6.38. The van der Waals surface area contributed by atoms with Crippen molar-refractivity contribution in [2.24, 2.45) is 16.7 Å². The number of carbonyl (C=O) groups is 1. The van der Waals surface area contributed by atoms with Gasteiger partial charge in [0.2, 0.25) is 0 Å². The first kappa shape index (κ1) is 13.4. The summed E-state index contributed by atoms with van der Waals surface area (Å²) in [5.74, 6) is 0.0715. The lowest BCUT2D eigenvalue weighted by atomic mass is 9.38. The molecule has 2 heteroatoms. The van der Waals surface area contributed by atoms with E-state index in [4.69, 9.17) is 0 Å². The topological polar surface area (TPSA) is 37.3 Å². The normalized spacial score (nSPS) is 44.0. The van der Waals surface area contributed by atoms with E-state index in [1.807, 2.05) is 0 Å². The third-order valence-corrected chi connectivity index (χ3v) is 6.77. The Kier molecular flexibility index (Phi) is 2.62. The minimum Gasteiger partial charge on any atom is -0.481 e. The second-order valence-corrected chi connectivity index (χ2v) is 8.09. The molecule has 4 bridgehead atoms. The van der Waals surface area contributed by atoms with Crippen molar-refractivity contribution in [1.82, 2.24) is 0 Å². The number of benzene rings is 1. The van der Waals surface area contributed by atoms with E-state index in [2.05, 4.69) is 37.3 Å². The Balaban J connectivity index is 1.85. The Labute approximate surface area is 126 Å². The molecule has 1 N–H and O–H groups in total. The number of rotatable bonds is 3. The zero-order valence-electron chi connectivity index (χ0n) is 12.8. The van der Waals surface area contributed by atoms with Crippen LogP contribution < -0.4 is 0 Å². The number of carboxylic acids is 1. The van der Waals surface area contributed by atoms with Crippen molar-refractivity contribution in [2.75, 3.05) is 0 Å². The molecule has 0 radical (unpaired) electrons. The van der Waals surface area contributed by atoms with Gasteiger partial charge >= 0.3 is 5.97 Å². The van der Waals surface area contributed by atoms with Crippen LogP contribution in [0.4, 0.5) is 0 Å². The Morgan fingerprint density at radius 2 is 1.90 bits per heavy atom. The van der Waals surface area contributed by atoms with Gasteiger partial charge in [-0.3, -0.25) is 4.79 Å². The summed E-state index contributed by atoms with van der Waals surface area (Å²) >= 11 is 0. The Hall–Kier alpha value is -1.31. The molecule has 1 aromatic rings. The molecule has 4 saturated carbocycles. The first-order valence-corrected chi connectivity index (χ1v) is 8.31. The Bertz CT molecular complexity index is 580. The lowest BCUT2D eigenvalue weighted by Gasteiger charge is -2.65. The van der Waals surface area contributed by atoms with Crippen LogP contribution in [-0.2, 0) is 10.2 Å². The lowest BCUT2D eigenvalue weighted by molar-refractivity contribution is -0.179. The van der Waals surface area contributed by atoms with E-state index >= 15 is 0 Å². The van der Waals surface area contributed by atoms with Crippen molar-refractivity contribution in [3.63, 3.8) is 0 Å². The summed E-state index contributed by atoms with van der Waals surface area (Å²) in [6.07, 6.45) is 7.48. The maximum atomic E-state index is 12.1.